The molecule has 50 valence electrons. The summed E-state index contributed by atoms with van der Waals surface area (Å²) in [5.74, 6) is 0. The third-order valence-corrected chi connectivity index (χ3v) is 2.86. The van der Waals surface area contributed by atoms with E-state index < -0.39 is 0 Å². The number of thiophene rings is 1. The molecule has 1 aromatic heterocycles. The van der Waals surface area contributed by atoms with Crippen LogP contribution in [0.5, 0.6) is 0 Å². The molecule has 0 aliphatic rings. The highest BCUT2D eigenvalue weighted by Gasteiger charge is 2.01. The van der Waals surface area contributed by atoms with Crippen LogP contribution >= 0.6 is 34.9 Å². The van der Waals surface area contributed by atoms with E-state index in [2.05, 4.69) is 0 Å². The van der Waals surface area contributed by atoms with Crippen molar-refractivity contribution in [3.05, 3.63) is 10.4 Å². The molecule has 0 atom stereocenters. The van der Waals surface area contributed by atoms with Gasteiger partial charge in [0.15, 0.2) is 0 Å². The molecule has 9 heavy (non-hydrogen) atoms. The van der Waals surface area contributed by atoms with Crippen LogP contribution in [0.4, 0.5) is 5.69 Å². The van der Waals surface area contributed by atoms with Crippen LogP contribution in [0.2, 0.25) is 4.34 Å². The van der Waals surface area contributed by atoms with Crippen molar-refractivity contribution >= 4 is 40.6 Å². The van der Waals surface area contributed by atoms with Gasteiger partial charge in [0, 0.05) is 0 Å². The predicted molar refractivity (Wildman–Crippen MR) is 43.8 cm³/mol. The summed E-state index contributed by atoms with van der Waals surface area (Å²) in [4.78, 5) is 0. The van der Waals surface area contributed by atoms with Crippen LogP contribution in [0.15, 0.2) is 10.3 Å². The molecule has 1 aromatic rings. The zero-order valence-electron chi connectivity index (χ0n) is 4.43. The summed E-state index contributed by atoms with van der Waals surface area (Å²) in [6, 6.07) is 1.70. The van der Waals surface area contributed by atoms with Crippen LogP contribution in [0.1, 0.15) is 0 Å². The third-order valence-electron chi connectivity index (χ3n) is 0.802. The van der Waals surface area contributed by atoms with Gasteiger partial charge in [-0.3, -0.25) is 5.14 Å². The maximum absolute atomic E-state index is 5.61. The van der Waals surface area contributed by atoms with E-state index >= 15 is 0 Å². The smallest absolute Gasteiger partial charge is 0.0994 e. The number of hydrogen-bond acceptors (Lipinski definition) is 4. The molecule has 0 aliphatic carbocycles. The van der Waals surface area contributed by atoms with Gasteiger partial charge in [0.25, 0.3) is 0 Å². The largest absolute Gasteiger partial charge is 0.397 e. The fourth-order valence-corrected chi connectivity index (χ4v) is 2.13. The van der Waals surface area contributed by atoms with E-state index in [1.54, 1.807) is 6.07 Å². The summed E-state index contributed by atoms with van der Waals surface area (Å²) >= 11 is 8.13. The zero-order chi connectivity index (χ0) is 6.85. The Labute approximate surface area is 66.3 Å². The van der Waals surface area contributed by atoms with E-state index in [9.17, 15) is 0 Å². The highest BCUT2D eigenvalue weighted by Crippen LogP contribution is 2.33. The lowest BCUT2D eigenvalue weighted by molar-refractivity contribution is 1.68. The fraction of sp³-hybridized carbons (Fsp3) is 0. The first-order valence-corrected chi connectivity index (χ1v) is 4.23. The first kappa shape index (κ1) is 7.21. The summed E-state index contributed by atoms with van der Waals surface area (Å²) in [5.41, 5.74) is 6.14. The monoisotopic (exact) mass is 180 g/mol. The highest BCUT2D eigenvalue weighted by molar-refractivity contribution is 7.99. The molecule has 2 nitrogen and oxygen atoms in total. The second kappa shape index (κ2) is 2.79. The van der Waals surface area contributed by atoms with E-state index in [1.807, 2.05) is 0 Å². The van der Waals surface area contributed by atoms with Crippen molar-refractivity contribution in [3.63, 3.8) is 0 Å². The summed E-state index contributed by atoms with van der Waals surface area (Å²) < 4.78 is 1.56. The maximum Gasteiger partial charge on any atom is 0.0994 e. The van der Waals surface area contributed by atoms with Crippen LogP contribution < -0.4 is 10.9 Å². The van der Waals surface area contributed by atoms with Gasteiger partial charge in [0.1, 0.15) is 0 Å². The van der Waals surface area contributed by atoms with Gasteiger partial charge in [-0.25, -0.2) is 0 Å². The van der Waals surface area contributed by atoms with Crippen molar-refractivity contribution in [1.29, 1.82) is 0 Å². The van der Waals surface area contributed by atoms with E-state index in [0.717, 1.165) is 16.2 Å². The average Bonchev–Trinajstić information content (AvgIpc) is 2.10. The second-order valence-electron chi connectivity index (χ2n) is 1.41. The van der Waals surface area contributed by atoms with E-state index in [4.69, 9.17) is 22.5 Å². The number of halogens is 1. The maximum atomic E-state index is 5.61. The molecule has 0 aromatic carbocycles. The average molecular weight is 181 g/mol. The van der Waals surface area contributed by atoms with Gasteiger partial charge in [-0.2, -0.15) is 0 Å². The molecular formula is C4H5ClN2S2. The molecule has 0 fully saturated rings. The molecule has 5 heteroatoms. The first-order valence-electron chi connectivity index (χ1n) is 2.15. The molecule has 0 saturated heterocycles. The lowest BCUT2D eigenvalue weighted by Crippen LogP contribution is -1.83. The fourth-order valence-electron chi connectivity index (χ4n) is 0.450. The summed E-state index contributed by atoms with van der Waals surface area (Å²) in [5, 5.41) is 5.25. The Bertz CT molecular complexity index is 210. The predicted octanol–water partition coefficient (Wildman–Crippen LogP) is 1.95. The topological polar surface area (TPSA) is 52.0 Å². The minimum Gasteiger partial charge on any atom is -0.397 e. The lowest BCUT2D eigenvalue weighted by atomic mass is 10.6. The number of anilines is 1. The molecule has 0 aliphatic heterocycles. The van der Waals surface area contributed by atoms with Crippen LogP contribution in [-0.2, 0) is 0 Å². The van der Waals surface area contributed by atoms with E-state index in [-0.39, 0.29) is 0 Å². The lowest BCUT2D eigenvalue weighted by Gasteiger charge is -1.87. The Kier molecular flexibility index (Phi) is 2.23. The van der Waals surface area contributed by atoms with Crippen LogP contribution in [0.3, 0.4) is 0 Å². The Balaban J connectivity index is 3.01. The van der Waals surface area contributed by atoms with E-state index in [0.29, 0.717) is 10.0 Å². The van der Waals surface area contributed by atoms with E-state index in [1.165, 1.54) is 11.3 Å². The van der Waals surface area contributed by atoms with Crippen molar-refractivity contribution in [3.8, 4) is 0 Å². The van der Waals surface area contributed by atoms with Crippen molar-refractivity contribution in [2.45, 2.75) is 4.21 Å². The Morgan fingerprint density at radius 3 is 2.56 bits per heavy atom. The van der Waals surface area contributed by atoms with Gasteiger partial charge in [-0.05, 0) is 18.0 Å². The highest BCUT2D eigenvalue weighted by atomic mass is 35.5. The third kappa shape index (κ3) is 1.52. The summed E-state index contributed by atoms with van der Waals surface area (Å²) in [6.07, 6.45) is 0. The van der Waals surface area contributed by atoms with Crippen molar-refractivity contribution < 1.29 is 0 Å². The molecule has 4 N–H and O–H groups in total. The Hall–Kier alpha value is 0.100. The van der Waals surface area contributed by atoms with Gasteiger partial charge in [0.05, 0.1) is 14.2 Å². The molecule has 1 rings (SSSR count). The minimum absolute atomic E-state index is 0.664. The minimum atomic E-state index is 0.664. The standard InChI is InChI=1S/C4H5ClN2S2/c5-3-1-2(6)4(8-3)9-7/h1H,6-7H2. The van der Waals surface area contributed by atoms with Gasteiger partial charge in [-0.15, -0.1) is 11.3 Å². The van der Waals surface area contributed by atoms with Gasteiger partial charge >= 0.3 is 0 Å². The van der Waals surface area contributed by atoms with Crippen LogP contribution in [0.25, 0.3) is 0 Å². The molecule has 0 unspecified atom stereocenters. The van der Waals surface area contributed by atoms with Crippen molar-refractivity contribution in [2.75, 3.05) is 5.73 Å². The SMILES string of the molecule is NSc1sc(Cl)cc1N. The summed E-state index contributed by atoms with van der Waals surface area (Å²) in [7, 11) is 0. The van der Waals surface area contributed by atoms with Crippen molar-refractivity contribution in [2.24, 2.45) is 5.14 Å². The van der Waals surface area contributed by atoms with Gasteiger partial charge < -0.3 is 5.73 Å². The van der Waals surface area contributed by atoms with Crippen molar-refractivity contribution in [1.82, 2.24) is 0 Å². The number of nitrogens with two attached hydrogens (primary N) is 2. The van der Waals surface area contributed by atoms with Gasteiger partial charge in [-0.1, -0.05) is 11.6 Å². The zero-order valence-corrected chi connectivity index (χ0v) is 6.82. The first-order chi connectivity index (χ1) is 4.24. The Morgan fingerprint density at radius 2 is 2.33 bits per heavy atom. The molecule has 1 heterocycles. The molecule has 0 bridgehead atoms. The molecule has 0 radical (unpaired) electrons. The van der Waals surface area contributed by atoms with Crippen LogP contribution in [-0.4, -0.2) is 0 Å². The summed E-state index contributed by atoms with van der Waals surface area (Å²) in [6.45, 7) is 0. The number of hydrogen-bond donors (Lipinski definition) is 2. The Morgan fingerprint density at radius 1 is 1.67 bits per heavy atom. The number of rotatable bonds is 1. The molecule has 0 saturated carbocycles. The normalized spacial score (nSPS) is 10.0. The molecule has 0 amide bonds. The quantitative estimate of drug-likeness (QED) is 0.650. The van der Waals surface area contributed by atoms with Crippen LogP contribution in [0, 0.1) is 0 Å². The second-order valence-corrected chi connectivity index (χ2v) is 4.00. The number of nitrogen functional groups attached to an aromatic ring is 1. The molecule has 0 spiro atoms. The molecular weight excluding hydrogens is 176 g/mol. The van der Waals surface area contributed by atoms with Gasteiger partial charge in [0.2, 0.25) is 0 Å².